The van der Waals surface area contributed by atoms with Crippen LogP contribution in [0.5, 0.6) is 0 Å². The maximum Gasteiger partial charge on any atom is 0.342 e. The Labute approximate surface area is 197 Å². The summed E-state index contributed by atoms with van der Waals surface area (Å²) in [6.45, 7) is 5.76. The van der Waals surface area contributed by atoms with E-state index >= 15 is 0 Å². The van der Waals surface area contributed by atoms with Crippen molar-refractivity contribution in [3.05, 3.63) is 77.4 Å². The molecule has 0 saturated carbocycles. The van der Waals surface area contributed by atoms with E-state index in [1.165, 1.54) is 24.4 Å². The molecule has 0 aliphatic carbocycles. The molecule has 34 heavy (non-hydrogen) atoms. The summed E-state index contributed by atoms with van der Waals surface area (Å²) in [5.74, 6) is -1.74. The Balaban J connectivity index is 1.58. The summed E-state index contributed by atoms with van der Waals surface area (Å²) in [4.78, 5) is 38.6. The van der Waals surface area contributed by atoms with Crippen LogP contribution in [0.15, 0.2) is 54.7 Å². The summed E-state index contributed by atoms with van der Waals surface area (Å²) in [6, 6.07) is 13.1. The molecule has 4 rings (SSSR count). The summed E-state index contributed by atoms with van der Waals surface area (Å²) in [7, 11) is 2.12. The topological polar surface area (TPSA) is 87.7 Å². The third-order valence-electron chi connectivity index (χ3n) is 5.58. The highest BCUT2D eigenvalue weighted by atomic mass is 19.1. The van der Waals surface area contributed by atoms with Crippen LogP contribution in [0.1, 0.15) is 33.3 Å². The zero-order valence-electron chi connectivity index (χ0n) is 19.1. The summed E-state index contributed by atoms with van der Waals surface area (Å²) in [5, 5.41) is 3.07. The Morgan fingerprint density at radius 2 is 1.82 bits per heavy atom. The van der Waals surface area contributed by atoms with Crippen molar-refractivity contribution in [1.29, 1.82) is 0 Å². The molecule has 1 fully saturated rings. The third-order valence-corrected chi connectivity index (χ3v) is 5.58. The number of likely N-dealkylation sites (N-methyl/N-ethyl adjacent to an activating group) is 1. The van der Waals surface area contributed by atoms with E-state index in [-0.39, 0.29) is 29.4 Å². The van der Waals surface area contributed by atoms with Gasteiger partial charge in [-0.25, -0.2) is 19.2 Å². The summed E-state index contributed by atoms with van der Waals surface area (Å²) >= 11 is 0. The Hall–Kier alpha value is -3.85. The number of nitrogens with one attached hydrogen (secondary N) is 1. The number of carbonyl (C=O) groups is 2. The minimum absolute atomic E-state index is 0.0757. The normalized spacial score (nSPS) is 14.0. The maximum absolute atomic E-state index is 13.7. The SMILES string of the molecule is CCOC(=O)c1cnc(Nc2ccc(N3CCN(C)CC3)cc2)nc1C(=O)c1cccc(F)c1. The van der Waals surface area contributed by atoms with Crippen LogP contribution in [-0.4, -0.2) is 66.5 Å². The first-order chi connectivity index (χ1) is 16.4. The van der Waals surface area contributed by atoms with E-state index in [1.807, 2.05) is 24.3 Å². The lowest BCUT2D eigenvalue weighted by molar-refractivity contribution is 0.0522. The largest absolute Gasteiger partial charge is 0.462 e. The van der Waals surface area contributed by atoms with Crippen molar-refractivity contribution < 1.29 is 18.7 Å². The molecule has 0 spiro atoms. The lowest BCUT2D eigenvalue weighted by Gasteiger charge is -2.34. The van der Waals surface area contributed by atoms with Crippen LogP contribution in [0.4, 0.5) is 21.7 Å². The quantitative estimate of drug-likeness (QED) is 0.421. The number of halogens is 1. The van der Waals surface area contributed by atoms with Gasteiger partial charge < -0.3 is 19.9 Å². The fraction of sp³-hybridized carbons (Fsp3) is 0.280. The van der Waals surface area contributed by atoms with E-state index in [4.69, 9.17) is 4.74 Å². The van der Waals surface area contributed by atoms with Crippen LogP contribution in [0.3, 0.4) is 0 Å². The molecule has 0 bridgehead atoms. The average molecular weight is 464 g/mol. The van der Waals surface area contributed by atoms with Gasteiger partial charge in [-0.2, -0.15) is 0 Å². The summed E-state index contributed by atoms with van der Waals surface area (Å²) in [5.41, 5.74) is 1.69. The number of hydrogen-bond acceptors (Lipinski definition) is 8. The monoisotopic (exact) mass is 463 g/mol. The molecule has 2 heterocycles. The van der Waals surface area contributed by atoms with Crippen LogP contribution in [0, 0.1) is 5.82 Å². The smallest absolute Gasteiger partial charge is 0.342 e. The summed E-state index contributed by atoms with van der Waals surface area (Å²) < 4.78 is 18.7. The van der Waals surface area contributed by atoms with Gasteiger partial charge in [0, 0.05) is 49.3 Å². The number of nitrogens with zero attached hydrogens (tertiary/aromatic N) is 4. The van der Waals surface area contributed by atoms with Gasteiger partial charge in [-0.05, 0) is 50.4 Å². The van der Waals surface area contributed by atoms with E-state index in [0.29, 0.717) is 0 Å². The molecule has 3 aromatic rings. The molecule has 2 aromatic carbocycles. The van der Waals surface area contributed by atoms with Crippen molar-refractivity contribution in [2.75, 3.05) is 50.1 Å². The molecule has 176 valence electrons. The molecule has 0 unspecified atom stereocenters. The second-order valence-corrected chi connectivity index (χ2v) is 7.98. The third kappa shape index (κ3) is 5.37. The molecule has 1 N–H and O–H groups in total. The molecule has 1 aliphatic heterocycles. The minimum atomic E-state index is -0.717. The van der Waals surface area contributed by atoms with Crippen molar-refractivity contribution in [3.63, 3.8) is 0 Å². The number of aromatic nitrogens is 2. The van der Waals surface area contributed by atoms with Gasteiger partial charge in [-0.15, -0.1) is 0 Å². The average Bonchev–Trinajstić information content (AvgIpc) is 2.85. The zero-order chi connectivity index (χ0) is 24.1. The van der Waals surface area contributed by atoms with Gasteiger partial charge in [0.1, 0.15) is 17.1 Å². The van der Waals surface area contributed by atoms with Gasteiger partial charge in [0.2, 0.25) is 11.7 Å². The fourth-order valence-corrected chi connectivity index (χ4v) is 3.69. The number of ketones is 1. The molecule has 0 atom stereocenters. The first-order valence-corrected chi connectivity index (χ1v) is 11.1. The van der Waals surface area contributed by atoms with Crippen molar-refractivity contribution in [2.24, 2.45) is 0 Å². The highest BCUT2D eigenvalue weighted by Gasteiger charge is 2.23. The first kappa shape index (κ1) is 23.3. The number of benzene rings is 2. The number of rotatable bonds is 7. The first-order valence-electron chi connectivity index (χ1n) is 11.1. The molecule has 1 saturated heterocycles. The van der Waals surface area contributed by atoms with E-state index in [1.54, 1.807) is 6.92 Å². The second kappa shape index (κ2) is 10.4. The van der Waals surface area contributed by atoms with Gasteiger partial charge in [0.25, 0.3) is 0 Å². The second-order valence-electron chi connectivity index (χ2n) is 7.98. The van der Waals surface area contributed by atoms with Gasteiger partial charge in [0.05, 0.1) is 6.61 Å². The molecule has 8 nitrogen and oxygen atoms in total. The Kier molecular flexibility index (Phi) is 7.12. The fourth-order valence-electron chi connectivity index (χ4n) is 3.69. The van der Waals surface area contributed by atoms with Crippen molar-refractivity contribution in [2.45, 2.75) is 6.92 Å². The number of carbonyl (C=O) groups excluding carboxylic acids is 2. The lowest BCUT2D eigenvalue weighted by atomic mass is 10.0. The Morgan fingerprint density at radius 3 is 2.50 bits per heavy atom. The molecular formula is C25H26FN5O3. The zero-order valence-corrected chi connectivity index (χ0v) is 19.1. The number of ether oxygens (including phenoxy) is 1. The molecule has 1 aromatic heterocycles. The van der Waals surface area contributed by atoms with Crippen molar-refractivity contribution >= 4 is 29.1 Å². The van der Waals surface area contributed by atoms with E-state index in [0.717, 1.165) is 43.6 Å². The number of piperazine rings is 1. The lowest BCUT2D eigenvalue weighted by Crippen LogP contribution is -2.44. The van der Waals surface area contributed by atoms with Crippen LogP contribution >= 0.6 is 0 Å². The standard InChI is InChI=1S/C25H26FN5O3/c1-3-34-24(33)21-16-27-25(29-22(21)23(32)17-5-4-6-18(26)15-17)28-19-7-9-20(10-8-19)31-13-11-30(2)12-14-31/h4-10,15-16H,3,11-14H2,1-2H3,(H,27,28,29). The molecular weight excluding hydrogens is 437 g/mol. The number of hydrogen-bond donors (Lipinski definition) is 1. The number of esters is 1. The Bertz CT molecular complexity index is 1180. The van der Waals surface area contributed by atoms with Gasteiger partial charge in [-0.3, -0.25) is 4.79 Å². The van der Waals surface area contributed by atoms with Gasteiger partial charge >= 0.3 is 5.97 Å². The predicted octanol–water partition coefficient (Wildman–Crippen LogP) is 3.52. The molecule has 0 radical (unpaired) electrons. The van der Waals surface area contributed by atoms with Crippen LogP contribution in [0.25, 0.3) is 0 Å². The summed E-state index contributed by atoms with van der Waals surface area (Å²) in [6.07, 6.45) is 1.25. The van der Waals surface area contributed by atoms with E-state index in [2.05, 4.69) is 32.1 Å². The van der Waals surface area contributed by atoms with Gasteiger partial charge in [0.15, 0.2) is 0 Å². The maximum atomic E-state index is 13.7. The Morgan fingerprint density at radius 1 is 1.09 bits per heavy atom. The number of anilines is 3. The van der Waals surface area contributed by atoms with E-state index in [9.17, 15) is 14.0 Å². The molecule has 0 amide bonds. The van der Waals surface area contributed by atoms with Crippen LogP contribution < -0.4 is 10.2 Å². The van der Waals surface area contributed by atoms with Gasteiger partial charge in [-0.1, -0.05) is 12.1 Å². The molecule has 1 aliphatic rings. The van der Waals surface area contributed by atoms with Crippen LogP contribution in [-0.2, 0) is 4.74 Å². The van der Waals surface area contributed by atoms with Crippen molar-refractivity contribution in [3.8, 4) is 0 Å². The van der Waals surface area contributed by atoms with Crippen LogP contribution in [0.2, 0.25) is 0 Å². The minimum Gasteiger partial charge on any atom is -0.462 e. The predicted molar refractivity (Wildman–Crippen MR) is 127 cm³/mol. The van der Waals surface area contributed by atoms with E-state index < -0.39 is 17.6 Å². The molecule has 9 heteroatoms. The van der Waals surface area contributed by atoms with Crippen molar-refractivity contribution in [1.82, 2.24) is 14.9 Å². The highest BCUT2D eigenvalue weighted by Crippen LogP contribution is 2.22. The highest BCUT2D eigenvalue weighted by molar-refractivity contribution is 6.13.